The quantitative estimate of drug-likeness (QED) is 0.103. The van der Waals surface area contributed by atoms with Crippen LogP contribution in [0.5, 0.6) is 5.75 Å². The number of ether oxygens (including phenoxy) is 1. The van der Waals surface area contributed by atoms with Gasteiger partial charge in [-0.1, -0.05) is 19.3 Å². The van der Waals surface area contributed by atoms with Gasteiger partial charge in [-0.25, -0.2) is 9.97 Å². The molecule has 0 bridgehead atoms. The predicted octanol–water partition coefficient (Wildman–Crippen LogP) is 9.31. The number of quaternary nitrogens is 1. The van der Waals surface area contributed by atoms with E-state index in [9.17, 15) is 49.9 Å². The number of likely N-dealkylation sites (N-methyl/N-ethyl adjacent to an activating group) is 1. The van der Waals surface area contributed by atoms with Crippen molar-refractivity contribution in [2.75, 3.05) is 43.1 Å². The van der Waals surface area contributed by atoms with Gasteiger partial charge in [0, 0.05) is 25.3 Å². The van der Waals surface area contributed by atoms with Gasteiger partial charge in [-0.05, 0) is 84.9 Å². The van der Waals surface area contributed by atoms with Crippen LogP contribution in [0.15, 0.2) is 48.8 Å². The summed E-state index contributed by atoms with van der Waals surface area (Å²) in [5, 5.41) is 18.9. The van der Waals surface area contributed by atoms with Gasteiger partial charge in [0.25, 0.3) is 0 Å². The topological polar surface area (TPSA) is 82.0 Å². The third-order valence-electron chi connectivity index (χ3n) is 8.89. The summed E-state index contributed by atoms with van der Waals surface area (Å²) in [6.45, 7) is 3.27. The molecule has 2 aromatic carbocycles. The smallest absolute Gasteiger partial charge is 0.416 e. The van der Waals surface area contributed by atoms with Gasteiger partial charge < -0.3 is 14.5 Å². The number of benzene rings is 2. The first-order valence-electron chi connectivity index (χ1n) is 16.4. The Morgan fingerprint density at radius 2 is 1.41 bits per heavy atom. The molecule has 1 aliphatic rings. The van der Waals surface area contributed by atoms with Crippen molar-refractivity contribution in [2.24, 2.45) is 5.92 Å². The SMILES string of the molecule is CCN(CC1CCCCC1)c1ccc(C(F)(F)F)cc1CN(c1ncc(OCC[N+](C)(O)O)cn1)[C@@H](C)c1cc(C(F)(F)F)cc(C(F)(F)F)c1. The monoisotopic (exact) mass is 738 g/mol. The maximum Gasteiger partial charge on any atom is 0.416 e. The average molecular weight is 739 g/mol. The molecule has 282 valence electrons. The van der Waals surface area contributed by atoms with Crippen LogP contribution in [0.2, 0.25) is 0 Å². The summed E-state index contributed by atoms with van der Waals surface area (Å²) in [7, 11) is 1.08. The van der Waals surface area contributed by atoms with E-state index >= 15 is 0 Å². The number of nitrogens with zero attached hydrogens (tertiary/aromatic N) is 5. The molecule has 1 aliphatic carbocycles. The van der Waals surface area contributed by atoms with Crippen LogP contribution >= 0.6 is 0 Å². The minimum Gasteiger partial charge on any atom is -0.484 e. The predicted molar refractivity (Wildman–Crippen MR) is 169 cm³/mol. The molecule has 17 heteroatoms. The van der Waals surface area contributed by atoms with Crippen molar-refractivity contribution in [2.45, 2.75) is 77.1 Å². The highest BCUT2D eigenvalue weighted by molar-refractivity contribution is 5.57. The first-order chi connectivity index (χ1) is 23.7. The third-order valence-corrected chi connectivity index (χ3v) is 8.89. The van der Waals surface area contributed by atoms with E-state index in [0.29, 0.717) is 36.8 Å². The average Bonchev–Trinajstić information content (AvgIpc) is 3.04. The molecular formula is C34H41F9N5O3+. The molecule has 1 atom stereocenters. The summed E-state index contributed by atoms with van der Waals surface area (Å²) in [6.07, 6.45) is -7.66. The second kappa shape index (κ2) is 15.8. The molecule has 0 spiro atoms. The number of anilines is 2. The summed E-state index contributed by atoms with van der Waals surface area (Å²) in [4.78, 5) is 10.2. The lowest BCUT2D eigenvalue weighted by atomic mass is 9.88. The molecule has 1 saturated carbocycles. The lowest BCUT2D eigenvalue weighted by Gasteiger charge is -2.35. The van der Waals surface area contributed by atoms with E-state index in [4.69, 9.17) is 4.74 Å². The fourth-order valence-electron chi connectivity index (χ4n) is 6.11. The van der Waals surface area contributed by atoms with Crippen molar-refractivity contribution in [3.05, 3.63) is 76.6 Å². The van der Waals surface area contributed by atoms with E-state index in [2.05, 4.69) is 9.97 Å². The summed E-state index contributed by atoms with van der Waals surface area (Å²) in [5.41, 5.74) is -3.96. The minimum atomic E-state index is -5.14. The maximum atomic E-state index is 14.1. The van der Waals surface area contributed by atoms with Crippen LogP contribution in [0.4, 0.5) is 51.1 Å². The first-order valence-corrected chi connectivity index (χ1v) is 16.4. The lowest BCUT2D eigenvalue weighted by Crippen LogP contribution is -2.39. The molecule has 0 aliphatic heterocycles. The van der Waals surface area contributed by atoms with Crippen molar-refractivity contribution in [1.29, 1.82) is 0 Å². The first kappa shape index (κ1) is 39.9. The van der Waals surface area contributed by atoms with Gasteiger partial charge in [0.2, 0.25) is 5.95 Å². The molecule has 51 heavy (non-hydrogen) atoms. The zero-order valence-corrected chi connectivity index (χ0v) is 28.3. The zero-order valence-electron chi connectivity index (χ0n) is 28.3. The van der Waals surface area contributed by atoms with E-state index in [1.807, 2.05) is 11.8 Å². The number of rotatable bonds is 13. The van der Waals surface area contributed by atoms with Crippen LogP contribution in [-0.2, 0) is 25.1 Å². The van der Waals surface area contributed by atoms with Crippen LogP contribution in [-0.4, -0.2) is 58.5 Å². The Balaban J connectivity index is 1.83. The Bertz CT molecular complexity index is 1550. The largest absolute Gasteiger partial charge is 0.484 e. The molecule has 0 radical (unpaired) electrons. The zero-order chi connectivity index (χ0) is 37.8. The standard InChI is InChI=1S/C34H41F9N5O3/c1-4-46(20-23-8-6-5-7-9-23)30-11-10-26(32(35,36)37)16-25(30)21-47(31-44-18-29(19-45-31)51-13-12-48(3,49)50)22(2)24-14-27(33(38,39)40)17-28(15-24)34(41,42)43/h10-11,14-19,22-23,49-50H,4-9,12-13,20-21H2,1-3H3/q+1/t22-/m0/s1. The second-order valence-electron chi connectivity index (χ2n) is 12.9. The Kier molecular flexibility index (Phi) is 12.4. The second-order valence-corrected chi connectivity index (χ2v) is 12.9. The van der Waals surface area contributed by atoms with Gasteiger partial charge in [0.15, 0.2) is 12.3 Å². The molecule has 1 fully saturated rings. The Hall–Kier alpha value is -3.83. The number of halogens is 9. The third kappa shape index (κ3) is 11.1. The van der Waals surface area contributed by atoms with Crippen molar-refractivity contribution in [1.82, 2.24) is 9.97 Å². The van der Waals surface area contributed by atoms with E-state index < -0.39 is 58.2 Å². The number of aromatic nitrogens is 2. The summed E-state index contributed by atoms with van der Waals surface area (Å²) in [5.74, 6) is 0.117. The maximum absolute atomic E-state index is 14.1. The van der Waals surface area contributed by atoms with Crippen LogP contribution in [0.25, 0.3) is 0 Å². The Labute approximate surface area is 289 Å². The summed E-state index contributed by atoms with van der Waals surface area (Å²) >= 11 is 0. The molecule has 0 amide bonds. The van der Waals surface area contributed by atoms with Crippen molar-refractivity contribution in [3.63, 3.8) is 0 Å². The van der Waals surface area contributed by atoms with Gasteiger partial charge in [0.05, 0.1) is 35.1 Å². The van der Waals surface area contributed by atoms with Gasteiger partial charge >= 0.3 is 18.5 Å². The van der Waals surface area contributed by atoms with E-state index in [-0.39, 0.29) is 36.5 Å². The van der Waals surface area contributed by atoms with Crippen molar-refractivity contribution < 1.29 is 59.5 Å². The molecule has 1 aromatic heterocycles. The van der Waals surface area contributed by atoms with Crippen LogP contribution < -0.4 is 14.5 Å². The lowest BCUT2D eigenvalue weighted by molar-refractivity contribution is -1.23. The van der Waals surface area contributed by atoms with E-state index in [0.717, 1.165) is 63.7 Å². The number of hydrogen-bond acceptors (Lipinski definition) is 7. The summed E-state index contributed by atoms with van der Waals surface area (Å²) < 4.78 is 131. The van der Waals surface area contributed by atoms with Gasteiger partial charge in [0.1, 0.15) is 13.7 Å². The molecule has 0 unspecified atom stereocenters. The fourth-order valence-corrected chi connectivity index (χ4v) is 6.11. The van der Waals surface area contributed by atoms with Gasteiger partial charge in [-0.2, -0.15) is 49.9 Å². The van der Waals surface area contributed by atoms with Gasteiger partial charge in [-0.15, -0.1) is 0 Å². The molecule has 2 N–H and O–H groups in total. The fraction of sp³-hybridized carbons (Fsp3) is 0.529. The Morgan fingerprint density at radius 3 is 1.92 bits per heavy atom. The molecular weight excluding hydrogens is 697 g/mol. The van der Waals surface area contributed by atoms with Crippen molar-refractivity contribution in [3.8, 4) is 5.75 Å². The van der Waals surface area contributed by atoms with E-state index in [1.165, 1.54) is 17.9 Å². The number of alkyl halides is 9. The van der Waals surface area contributed by atoms with Crippen LogP contribution in [0.1, 0.15) is 79.8 Å². The molecule has 1 heterocycles. The van der Waals surface area contributed by atoms with Gasteiger partial charge in [-0.3, -0.25) is 0 Å². The minimum absolute atomic E-state index is 0.000944. The number of hydroxylamine groups is 4. The molecule has 3 aromatic rings. The highest BCUT2D eigenvalue weighted by Crippen LogP contribution is 2.40. The normalized spacial score (nSPS) is 15.5. The Morgan fingerprint density at radius 1 is 0.843 bits per heavy atom. The van der Waals surface area contributed by atoms with E-state index in [1.54, 1.807) is 0 Å². The van der Waals surface area contributed by atoms with Crippen LogP contribution in [0.3, 0.4) is 0 Å². The summed E-state index contributed by atoms with van der Waals surface area (Å²) in [6, 6.07) is 3.03. The van der Waals surface area contributed by atoms with Crippen molar-refractivity contribution >= 4 is 11.6 Å². The molecule has 0 saturated heterocycles. The molecule has 4 rings (SSSR count). The van der Waals surface area contributed by atoms with Crippen LogP contribution in [0, 0.1) is 5.92 Å². The highest BCUT2D eigenvalue weighted by atomic mass is 19.4. The molecule has 8 nitrogen and oxygen atoms in total. The highest BCUT2D eigenvalue weighted by Gasteiger charge is 2.38. The number of hydrogen-bond donors (Lipinski definition) is 2.